The Morgan fingerprint density at radius 2 is 2.16 bits per heavy atom. The molecule has 0 saturated carbocycles. The fourth-order valence-corrected chi connectivity index (χ4v) is 3.04. The third-order valence-electron chi connectivity index (χ3n) is 4.34. The molecule has 1 aliphatic heterocycles. The first-order valence-corrected chi connectivity index (χ1v) is 8.33. The molecule has 0 atom stereocenters. The Bertz CT molecular complexity index is 928. The molecule has 3 heterocycles. The van der Waals surface area contributed by atoms with E-state index in [0.29, 0.717) is 31.4 Å². The summed E-state index contributed by atoms with van der Waals surface area (Å²) in [5.41, 5.74) is 4.27. The van der Waals surface area contributed by atoms with Crippen LogP contribution >= 0.6 is 0 Å². The number of hydrogen-bond donors (Lipinski definition) is 2. The Labute approximate surface area is 144 Å². The highest BCUT2D eigenvalue weighted by Gasteiger charge is 2.16. The molecule has 0 bridgehead atoms. The van der Waals surface area contributed by atoms with Gasteiger partial charge in [0.2, 0.25) is 5.91 Å². The van der Waals surface area contributed by atoms with E-state index in [9.17, 15) is 9.59 Å². The van der Waals surface area contributed by atoms with Crippen molar-refractivity contribution in [3.63, 3.8) is 0 Å². The highest BCUT2D eigenvalue weighted by molar-refractivity contribution is 5.97. The van der Waals surface area contributed by atoms with Crippen LogP contribution in [0.1, 0.15) is 28.0 Å². The summed E-state index contributed by atoms with van der Waals surface area (Å²) in [7, 11) is 0. The fourth-order valence-electron chi connectivity index (χ4n) is 3.04. The maximum atomic E-state index is 12.3. The van der Waals surface area contributed by atoms with Gasteiger partial charge in [0.15, 0.2) is 0 Å². The number of carbonyl (C=O) groups excluding carboxylic acids is 2. The van der Waals surface area contributed by atoms with Crippen LogP contribution in [-0.2, 0) is 17.6 Å². The first-order valence-electron chi connectivity index (χ1n) is 8.33. The molecule has 0 radical (unpaired) electrons. The predicted molar refractivity (Wildman–Crippen MR) is 94.6 cm³/mol. The SMILES string of the molecule is O=C1CCc2cc(C(=O)NCCc3cn4ccccc4n3)ccc2N1. The van der Waals surface area contributed by atoms with Crippen LogP contribution in [0.25, 0.3) is 5.65 Å². The van der Waals surface area contributed by atoms with E-state index in [1.54, 1.807) is 12.1 Å². The Morgan fingerprint density at radius 3 is 3.04 bits per heavy atom. The third kappa shape index (κ3) is 3.24. The van der Waals surface area contributed by atoms with Crippen molar-refractivity contribution in [3.05, 3.63) is 65.6 Å². The number of benzene rings is 1. The van der Waals surface area contributed by atoms with E-state index in [1.807, 2.05) is 41.1 Å². The van der Waals surface area contributed by atoms with Gasteiger partial charge in [-0.2, -0.15) is 0 Å². The number of pyridine rings is 1. The molecule has 2 aromatic heterocycles. The maximum Gasteiger partial charge on any atom is 0.251 e. The summed E-state index contributed by atoms with van der Waals surface area (Å²) >= 11 is 0. The van der Waals surface area contributed by atoms with E-state index in [4.69, 9.17) is 0 Å². The van der Waals surface area contributed by atoms with Crippen molar-refractivity contribution in [2.45, 2.75) is 19.3 Å². The second kappa shape index (κ2) is 6.39. The summed E-state index contributed by atoms with van der Waals surface area (Å²) in [6.07, 6.45) is 5.74. The first kappa shape index (κ1) is 15.4. The highest BCUT2D eigenvalue weighted by Crippen LogP contribution is 2.23. The van der Waals surface area contributed by atoms with Gasteiger partial charge in [-0.05, 0) is 42.3 Å². The van der Waals surface area contributed by atoms with Gasteiger partial charge in [-0.15, -0.1) is 0 Å². The zero-order valence-corrected chi connectivity index (χ0v) is 13.7. The van der Waals surface area contributed by atoms with Gasteiger partial charge in [0.25, 0.3) is 5.91 Å². The minimum absolute atomic E-state index is 0.0251. The summed E-state index contributed by atoms with van der Waals surface area (Å²) in [4.78, 5) is 28.2. The van der Waals surface area contributed by atoms with Gasteiger partial charge in [0.05, 0.1) is 5.69 Å². The first-order chi connectivity index (χ1) is 12.2. The number of aryl methyl sites for hydroxylation is 1. The van der Waals surface area contributed by atoms with Crippen LogP contribution in [0.15, 0.2) is 48.8 Å². The molecule has 2 N–H and O–H groups in total. The minimum Gasteiger partial charge on any atom is -0.352 e. The predicted octanol–water partition coefficient (Wildman–Crippen LogP) is 2.19. The number of amides is 2. The van der Waals surface area contributed by atoms with E-state index in [-0.39, 0.29) is 11.8 Å². The summed E-state index contributed by atoms with van der Waals surface area (Å²) < 4.78 is 1.97. The van der Waals surface area contributed by atoms with Gasteiger partial charge in [-0.25, -0.2) is 4.98 Å². The van der Waals surface area contributed by atoms with Crippen LogP contribution in [-0.4, -0.2) is 27.7 Å². The zero-order valence-electron chi connectivity index (χ0n) is 13.7. The monoisotopic (exact) mass is 334 g/mol. The van der Waals surface area contributed by atoms with Crippen molar-refractivity contribution in [1.82, 2.24) is 14.7 Å². The van der Waals surface area contributed by atoms with Crippen molar-refractivity contribution in [2.75, 3.05) is 11.9 Å². The average molecular weight is 334 g/mol. The van der Waals surface area contributed by atoms with Gasteiger partial charge in [-0.3, -0.25) is 9.59 Å². The molecule has 3 aromatic rings. The number of anilines is 1. The van der Waals surface area contributed by atoms with E-state index in [0.717, 1.165) is 22.6 Å². The normalized spacial score (nSPS) is 13.4. The van der Waals surface area contributed by atoms with Crippen LogP contribution in [0.4, 0.5) is 5.69 Å². The minimum atomic E-state index is -0.108. The van der Waals surface area contributed by atoms with Crippen LogP contribution < -0.4 is 10.6 Å². The van der Waals surface area contributed by atoms with Gasteiger partial charge in [-0.1, -0.05) is 6.07 Å². The molecule has 1 aromatic carbocycles. The molecule has 4 rings (SSSR count). The van der Waals surface area contributed by atoms with E-state index in [1.165, 1.54) is 0 Å². The van der Waals surface area contributed by atoms with Crippen LogP contribution in [0.5, 0.6) is 0 Å². The van der Waals surface area contributed by atoms with Crippen molar-refractivity contribution in [3.8, 4) is 0 Å². The molecule has 25 heavy (non-hydrogen) atoms. The average Bonchev–Trinajstić information content (AvgIpc) is 3.04. The Kier molecular flexibility index (Phi) is 3.93. The quantitative estimate of drug-likeness (QED) is 0.768. The number of imidazole rings is 1. The van der Waals surface area contributed by atoms with Crippen LogP contribution in [0.3, 0.4) is 0 Å². The molecular formula is C19H18N4O2. The summed E-state index contributed by atoms with van der Waals surface area (Å²) in [6, 6.07) is 11.3. The second-order valence-corrected chi connectivity index (χ2v) is 6.12. The molecular weight excluding hydrogens is 316 g/mol. The number of nitrogens with one attached hydrogen (secondary N) is 2. The number of fused-ring (bicyclic) bond motifs is 2. The van der Waals surface area contributed by atoms with Crippen molar-refractivity contribution >= 4 is 23.1 Å². The number of carbonyl (C=O) groups is 2. The fraction of sp³-hybridized carbons (Fsp3) is 0.211. The summed E-state index contributed by atoms with van der Waals surface area (Å²) in [5.74, 6) is -0.0828. The van der Waals surface area contributed by atoms with Crippen molar-refractivity contribution in [2.24, 2.45) is 0 Å². The molecule has 6 nitrogen and oxygen atoms in total. The number of aromatic nitrogens is 2. The Hall–Kier alpha value is -3.15. The largest absolute Gasteiger partial charge is 0.352 e. The number of hydrogen-bond acceptors (Lipinski definition) is 3. The summed E-state index contributed by atoms with van der Waals surface area (Å²) in [6.45, 7) is 0.524. The molecule has 0 aliphatic carbocycles. The molecule has 1 aliphatic rings. The van der Waals surface area contributed by atoms with Gasteiger partial charge in [0.1, 0.15) is 5.65 Å². The highest BCUT2D eigenvalue weighted by atomic mass is 16.2. The molecule has 0 saturated heterocycles. The van der Waals surface area contributed by atoms with Gasteiger partial charge in [0, 0.05) is 43.0 Å². The van der Waals surface area contributed by atoms with Gasteiger partial charge < -0.3 is 15.0 Å². The Balaban J connectivity index is 1.38. The lowest BCUT2D eigenvalue weighted by molar-refractivity contribution is -0.116. The van der Waals surface area contributed by atoms with Gasteiger partial charge >= 0.3 is 0 Å². The zero-order chi connectivity index (χ0) is 17.2. The van der Waals surface area contributed by atoms with E-state index >= 15 is 0 Å². The smallest absolute Gasteiger partial charge is 0.251 e. The summed E-state index contributed by atoms with van der Waals surface area (Å²) in [5, 5.41) is 5.75. The maximum absolute atomic E-state index is 12.3. The molecule has 0 spiro atoms. The van der Waals surface area contributed by atoms with E-state index in [2.05, 4.69) is 15.6 Å². The Morgan fingerprint density at radius 1 is 1.24 bits per heavy atom. The number of nitrogens with zero attached hydrogens (tertiary/aromatic N) is 2. The lowest BCUT2D eigenvalue weighted by Gasteiger charge is -2.17. The standard InChI is InChI=1S/C19H18N4O2/c24-18-7-5-13-11-14(4-6-16(13)22-18)19(25)20-9-8-15-12-23-10-2-1-3-17(23)21-15/h1-4,6,10-12H,5,7-9H2,(H,20,25)(H,22,24). The second-order valence-electron chi connectivity index (χ2n) is 6.12. The molecule has 0 fully saturated rings. The molecule has 0 unspecified atom stereocenters. The topological polar surface area (TPSA) is 75.5 Å². The number of rotatable bonds is 4. The van der Waals surface area contributed by atoms with Crippen LogP contribution in [0, 0.1) is 0 Å². The lowest BCUT2D eigenvalue weighted by Crippen LogP contribution is -2.26. The van der Waals surface area contributed by atoms with Crippen LogP contribution in [0.2, 0.25) is 0 Å². The molecule has 2 amide bonds. The van der Waals surface area contributed by atoms with Crippen molar-refractivity contribution in [1.29, 1.82) is 0 Å². The van der Waals surface area contributed by atoms with E-state index < -0.39 is 0 Å². The molecule has 6 heteroatoms. The third-order valence-corrected chi connectivity index (χ3v) is 4.34. The van der Waals surface area contributed by atoms with Crippen molar-refractivity contribution < 1.29 is 9.59 Å². The lowest BCUT2D eigenvalue weighted by atomic mass is 10.00. The molecule has 126 valence electrons.